The van der Waals surface area contributed by atoms with Crippen molar-refractivity contribution >= 4 is 23.5 Å². The van der Waals surface area contributed by atoms with Crippen LogP contribution in [0.3, 0.4) is 0 Å². The molecule has 0 fully saturated rings. The minimum absolute atomic E-state index is 0.0492. The van der Waals surface area contributed by atoms with E-state index in [0.717, 1.165) is 0 Å². The summed E-state index contributed by atoms with van der Waals surface area (Å²) < 4.78 is 0. The van der Waals surface area contributed by atoms with E-state index in [1.807, 2.05) is 0 Å². The maximum Gasteiger partial charge on any atom is 0.305 e. The first kappa shape index (κ1) is 15.5. The largest absolute Gasteiger partial charge is 0.481 e. The van der Waals surface area contributed by atoms with Crippen molar-refractivity contribution < 1.29 is 19.8 Å². The lowest BCUT2D eigenvalue weighted by Crippen LogP contribution is -2.34. The minimum atomic E-state index is -0.965. The molecule has 0 radical (unpaired) electrons. The Labute approximate surface area is 116 Å². The van der Waals surface area contributed by atoms with Gasteiger partial charge in [-0.3, -0.25) is 9.59 Å². The van der Waals surface area contributed by atoms with Crippen LogP contribution in [0.15, 0.2) is 24.3 Å². The second-order valence-electron chi connectivity index (χ2n) is 4.02. The third kappa shape index (κ3) is 5.28. The predicted molar refractivity (Wildman–Crippen MR) is 71.3 cm³/mol. The van der Waals surface area contributed by atoms with E-state index in [-0.39, 0.29) is 25.5 Å². The molecule has 2 N–H and O–H groups in total. The van der Waals surface area contributed by atoms with Crippen LogP contribution in [-0.4, -0.2) is 46.7 Å². The number of hydrogen-bond acceptors (Lipinski definition) is 3. The number of carboxylic acid groups (broad SMARTS) is 1. The van der Waals surface area contributed by atoms with Gasteiger partial charge in [0.2, 0.25) is 0 Å². The molecule has 0 aliphatic heterocycles. The molecular weight excluding hydrogens is 270 g/mol. The zero-order valence-electron chi connectivity index (χ0n) is 10.4. The SMILES string of the molecule is O=C(O)CCN(CCCO)C(=O)c1cccc(Cl)c1. The zero-order chi connectivity index (χ0) is 14.3. The Kier molecular flexibility index (Phi) is 6.32. The van der Waals surface area contributed by atoms with Gasteiger partial charge in [0.15, 0.2) is 0 Å². The maximum absolute atomic E-state index is 12.2. The average molecular weight is 286 g/mol. The van der Waals surface area contributed by atoms with E-state index in [1.165, 1.54) is 11.0 Å². The summed E-state index contributed by atoms with van der Waals surface area (Å²) in [6.45, 7) is 0.377. The number of nitrogens with zero attached hydrogens (tertiary/aromatic N) is 1. The van der Waals surface area contributed by atoms with Gasteiger partial charge >= 0.3 is 5.97 Å². The summed E-state index contributed by atoms with van der Waals surface area (Å²) in [5.41, 5.74) is 0.413. The van der Waals surface area contributed by atoms with E-state index >= 15 is 0 Å². The normalized spacial score (nSPS) is 10.2. The van der Waals surface area contributed by atoms with Crippen molar-refractivity contribution in [3.8, 4) is 0 Å². The first-order valence-corrected chi connectivity index (χ1v) is 6.30. The van der Waals surface area contributed by atoms with Crippen LogP contribution in [0.5, 0.6) is 0 Å². The van der Waals surface area contributed by atoms with Gasteiger partial charge in [0.25, 0.3) is 5.91 Å². The highest BCUT2D eigenvalue weighted by Gasteiger charge is 2.16. The van der Waals surface area contributed by atoms with Gasteiger partial charge in [0.1, 0.15) is 0 Å². The van der Waals surface area contributed by atoms with Crippen LogP contribution in [0.25, 0.3) is 0 Å². The molecule has 5 nitrogen and oxygen atoms in total. The molecule has 0 bridgehead atoms. The summed E-state index contributed by atoms with van der Waals surface area (Å²) >= 11 is 5.82. The summed E-state index contributed by atoms with van der Waals surface area (Å²) in [4.78, 5) is 24.2. The fourth-order valence-corrected chi connectivity index (χ4v) is 1.80. The quantitative estimate of drug-likeness (QED) is 0.798. The molecule has 0 saturated heterocycles. The number of halogens is 1. The second kappa shape index (κ2) is 7.76. The van der Waals surface area contributed by atoms with Crippen molar-refractivity contribution in [2.75, 3.05) is 19.7 Å². The monoisotopic (exact) mass is 285 g/mol. The van der Waals surface area contributed by atoms with Crippen LogP contribution >= 0.6 is 11.6 Å². The Morgan fingerprint density at radius 1 is 1.26 bits per heavy atom. The van der Waals surface area contributed by atoms with Crippen molar-refractivity contribution in [2.24, 2.45) is 0 Å². The topological polar surface area (TPSA) is 77.8 Å². The van der Waals surface area contributed by atoms with Crippen molar-refractivity contribution in [2.45, 2.75) is 12.8 Å². The van der Waals surface area contributed by atoms with Gasteiger partial charge in [-0.2, -0.15) is 0 Å². The molecule has 0 aromatic heterocycles. The second-order valence-corrected chi connectivity index (χ2v) is 4.46. The van der Waals surface area contributed by atoms with E-state index < -0.39 is 5.97 Å². The summed E-state index contributed by atoms with van der Waals surface area (Å²) in [7, 11) is 0. The van der Waals surface area contributed by atoms with Crippen LogP contribution < -0.4 is 0 Å². The predicted octanol–water partition coefficient (Wildman–Crippen LogP) is 1.64. The zero-order valence-corrected chi connectivity index (χ0v) is 11.1. The van der Waals surface area contributed by atoms with Crippen molar-refractivity contribution in [1.29, 1.82) is 0 Å². The molecule has 0 heterocycles. The van der Waals surface area contributed by atoms with E-state index in [1.54, 1.807) is 18.2 Å². The van der Waals surface area contributed by atoms with Gasteiger partial charge in [-0.1, -0.05) is 17.7 Å². The fraction of sp³-hybridized carbons (Fsp3) is 0.385. The van der Waals surface area contributed by atoms with Gasteiger partial charge in [0, 0.05) is 30.3 Å². The summed E-state index contributed by atoms with van der Waals surface area (Å²) in [6.07, 6.45) is 0.281. The summed E-state index contributed by atoms with van der Waals surface area (Å²) in [5.74, 6) is -1.25. The molecule has 1 aromatic carbocycles. The molecule has 104 valence electrons. The lowest BCUT2D eigenvalue weighted by molar-refractivity contribution is -0.137. The molecule has 0 spiro atoms. The Morgan fingerprint density at radius 2 is 2.00 bits per heavy atom. The van der Waals surface area contributed by atoms with Crippen LogP contribution in [0.1, 0.15) is 23.2 Å². The highest BCUT2D eigenvalue weighted by Crippen LogP contribution is 2.13. The first-order chi connectivity index (χ1) is 9.04. The number of amides is 1. The van der Waals surface area contributed by atoms with Crippen LogP contribution in [-0.2, 0) is 4.79 Å². The maximum atomic E-state index is 12.2. The van der Waals surface area contributed by atoms with E-state index in [9.17, 15) is 9.59 Å². The molecular formula is C13H16ClNO4. The highest BCUT2D eigenvalue weighted by molar-refractivity contribution is 6.30. The Hall–Kier alpha value is -1.59. The molecule has 0 saturated carbocycles. The number of carboxylic acids is 1. The van der Waals surface area contributed by atoms with E-state index in [2.05, 4.69) is 0 Å². The minimum Gasteiger partial charge on any atom is -0.481 e. The highest BCUT2D eigenvalue weighted by atomic mass is 35.5. The number of carbonyl (C=O) groups is 2. The van der Waals surface area contributed by atoms with Crippen molar-refractivity contribution in [3.63, 3.8) is 0 Å². The lowest BCUT2D eigenvalue weighted by atomic mass is 10.2. The average Bonchev–Trinajstić information content (AvgIpc) is 2.38. The van der Waals surface area contributed by atoms with Crippen molar-refractivity contribution in [3.05, 3.63) is 34.9 Å². The Morgan fingerprint density at radius 3 is 2.58 bits per heavy atom. The summed E-state index contributed by atoms with van der Waals surface area (Å²) in [5, 5.41) is 17.9. The molecule has 0 aliphatic carbocycles. The molecule has 1 aromatic rings. The molecule has 0 aliphatic rings. The van der Waals surface area contributed by atoms with Gasteiger partial charge in [-0.25, -0.2) is 0 Å². The van der Waals surface area contributed by atoms with Crippen molar-refractivity contribution in [1.82, 2.24) is 4.90 Å². The third-order valence-corrected chi connectivity index (χ3v) is 2.78. The fourth-order valence-electron chi connectivity index (χ4n) is 1.61. The molecule has 6 heteroatoms. The number of aliphatic hydroxyl groups excluding tert-OH is 1. The number of hydrogen-bond donors (Lipinski definition) is 2. The molecule has 0 atom stereocenters. The molecule has 1 amide bonds. The number of aliphatic hydroxyl groups is 1. The van der Waals surface area contributed by atoms with E-state index in [0.29, 0.717) is 23.6 Å². The van der Waals surface area contributed by atoms with Gasteiger partial charge in [-0.05, 0) is 24.6 Å². The number of rotatable bonds is 7. The van der Waals surface area contributed by atoms with Gasteiger partial charge in [-0.15, -0.1) is 0 Å². The van der Waals surface area contributed by atoms with Crippen LogP contribution in [0.4, 0.5) is 0 Å². The lowest BCUT2D eigenvalue weighted by Gasteiger charge is -2.21. The third-order valence-electron chi connectivity index (χ3n) is 2.54. The molecule has 19 heavy (non-hydrogen) atoms. The molecule has 0 unspecified atom stereocenters. The summed E-state index contributed by atoms with van der Waals surface area (Å²) in [6, 6.07) is 6.49. The molecule has 1 rings (SSSR count). The Balaban J connectivity index is 2.77. The van der Waals surface area contributed by atoms with Crippen LogP contribution in [0, 0.1) is 0 Å². The smallest absolute Gasteiger partial charge is 0.305 e. The number of benzene rings is 1. The van der Waals surface area contributed by atoms with Gasteiger partial charge in [0.05, 0.1) is 6.42 Å². The number of aliphatic carboxylic acids is 1. The number of carbonyl (C=O) groups excluding carboxylic acids is 1. The standard InChI is InChI=1S/C13H16ClNO4/c14-11-4-1-3-10(9-11)13(19)15(6-2-8-16)7-5-12(17)18/h1,3-4,9,16H,2,5-8H2,(H,17,18). The van der Waals surface area contributed by atoms with E-state index in [4.69, 9.17) is 21.8 Å². The van der Waals surface area contributed by atoms with Crippen LogP contribution in [0.2, 0.25) is 5.02 Å². The first-order valence-electron chi connectivity index (χ1n) is 5.92. The Bertz CT molecular complexity index is 450. The van der Waals surface area contributed by atoms with Gasteiger partial charge < -0.3 is 15.1 Å².